The molecular weight excluding hydrogens is 194 g/mol. The van der Waals surface area contributed by atoms with Crippen molar-refractivity contribution in [2.75, 3.05) is 6.26 Å². The van der Waals surface area contributed by atoms with Crippen molar-refractivity contribution in [2.45, 2.75) is 4.90 Å². The van der Waals surface area contributed by atoms with Crippen molar-refractivity contribution >= 4 is 35.9 Å². The Morgan fingerprint density at radius 3 is 2.50 bits per heavy atom. The molecule has 0 aliphatic heterocycles. The average Bonchev–Trinajstić information content (AvgIpc) is 2.03. The maximum absolute atomic E-state index is 8.94. The lowest BCUT2D eigenvalue weighted by Crippen LogP contribution is -2.31. The minimum absolute atomic E-state index is 0.454. The van der Waals surface area contributed by atoms with E-state index in [1.54, 1.807) is 18.2 Å². The molecule has 0 aromatic heterocycles. The molecule has 2 N–H and O–H groups in total. The predicted octanol–water partition coefficient (Wildman–Crippen LogP) is 0.742. The number of halogens is 1. The van der Waals surface area contributed by atoms with E-state index in [0.717, 1.165) is 0 Å². The first-order valence-electron chi connectivity index (χ1n) is 3.35. The van der Waals surface area contributed by atoms with Crippen molar-refractivity contribution in [3.63, 3.8) is 0 Å². The largest absolute Gasteiger partial charge is 0.489 e. The van der Waals surface area contributed by atoms with E-state index in [9.17, 15) is 0 Å². The molecule has 5 heteroatoms. The first-order chi connectivity index (χ1) is 5.66. The average molecular weight is 202 g/mol. The monoisotopic (exact) mass is 202 g/mol. The summed E-state index contributed by atoms with van der Waals surface area (Å²) in [4.78, 5) is 0.717. The van der Waals surface area contributed by atoms with Crippen LogP contribution in [0.4, 0.5) is 0 Å². The predicted molar refractivity (Wildman–Crippen MR) is 53.1 cm³/mol. The molecule has 0 aliphatic carbocycles. The molecule has 0 spiro atoms. The molecule has 64 valence electrons. The molecular formula is C7H8BClO2S. The Labute approximate surface area is 80.7 Å². The molecule has 0 amide bonds. The molecule has 2 nitrogen and oxygen atoms in total. The van der Waals surface area contributed by atoms with E-state index in [4.69, 9.17) is 21.6 Å². The van der Waals surface area contributed by atoms with Crippen LogP contribution in [-0.4, -0.2) is 23.4 Å². The highest BCUT2D eigenvalue weighted by molar-refractivity contribution is 7.99. The Hall–Kier alpha value is -0.155. The molecule has 0 saturated carbocycles. The smallest absolute Gasteiger partial charge is 0.423 e. The van der Waals surface area contributed by atoms with Gasteiger partial charge >= 0.3 is 7.12 Å². The zero-order valence-electron chi connectivity index (χ0n) is 6.49. The topological polar surface area (TPSA) is 40.5 Å². The minimum atomic E-state index is -1.45. The van der Waals surface area contributed by atoms with Crippen LogP contribution in [0.25, 0.3) is 0 Å². The lowest BCUT2D eigenvalue weighted by atomic mass is 9.80. The van der Waals surface area contributed by atoms with Crippen LogP contribution in [0.2, 0.25) is 5.02 Å². The van der Waals surface area contributed by atoms with E-state index >= 15 is 0 Å². The fraction of sp³-hybridized carbons (Fsp3) is 0.143. The second-order valence-corrected chi connectivity index (χ2v) is 3.46. The molecule has 12 heavy (non-hydrogen) atoms. The zero-order valence-corrected chi connectivity index (χ0v) is 8.06. The highest BCUT2D eigenvalue weighted by Gasteiger charge is 2.16. The maximum atomic E-state index is 8.94. The van der Waals surface area contributed by atoms with E-state index < -0.39 is 7.12 Å². The van der Waals surface area contributed by atoms with Crippen molar-refractivity contribution in [3.8, 4) is 0 Å². The van der Waals surface area contributed by atoms with Crippen molar-refractivity contribution in [1.82, 2.24) is 0 Å². The summed E-state index contributed by atoms with van der Waals surface area (Å²) in [6.45, 7) is 0. The van der Waals surface area contributed by atoms with Gasteiger partial charge in [-0.15, -0.1) is 11.8 Å². The number of rotatable bonds is 2. The molecule has 1 aromatic rings. The third kappa shape index (κ3) is 1.96. The number of hydrogen-bond donors (Lipinski definition) is 2. The Bertz CT molecular complexity index is 280. The van der Waals surface area contributed by atoms with Crippen molar-refractivity contribution in [1.29, 1.82) is 0 Å². The Balaban J connectivity index is 3.18. The summed E-state index contributed by atoms with van der Waals surface area (Å²) >= 11 is 7.23. The highest BCUT2D eigenvalue weighted by Crippen LogP contribution is 2.22. The Morgan fingerprint density at radius 2 is 2.08 bits per heavy atom. The van der Waals surface area contributed by atoms with Gasteiger partial charge in [0.05, 0.1) is 5.02 Å². The van der Waals surface area contributed by atoms with Crippen LogP contribution in [0, 0.1) is 0 Å². The lowest BCUT2D eigenvalue weighted by molar-refractivity contribution is 0.425. The van der Waals surface area contributed by atoms with Crippen molar-refractivity contribution < 1.29 is 10.0 Å². The van der Waals surface area contributed by atoms with Crippen molar-refractivity contribution in [3.05, 3.63) is 23.2 Å². The summed E-state index contributed by atoms with van der Waals surface area (Å²) in [5.74, 6) is 0. The van der Waals surface area contributed by atoms with Gasteiger partial charge in [-0.1, -0.05) is 23.7 Å². The van der Waals surface area contributed by atoms with Gasteiger partial charge in [-0.3, -0.25) is 0 Å². The van der Waals surface area contributed by atoms with E-state index in [2.05, 4.69) is 0 Å². The normalized spacial score (nSPS) is 10.0. The van der Waals surface area contributed by atoms with Gasteiger partial charge < -0.3 is 10.0 Å². The summed E-state index contributed by atoms with van der Waals surface area (Å²) in [5.41, 5.74) is 0.454. The van der Waals surface area contributed by atoms with Gasteiger partial charge in [-0.25, -0.2) is 0 Å². The van der Waals surface area contributed by atoms with Gasteiger partial charge in [0, 0.05) is 4.90 Å². The summed E-state index contributed by atoms with van der Waals surface area (Å²) in [7, 11) is -1.45. The Kier molecular flexibility index (Phi) is 3.46. The van der Waals surface area contributed by atoms with Crippen LogP contribution in [-0.2, 0) is 0 Å². The van der Waals surface area contributed by atoms with Crippen LogP contribution < -0.4 is 5.46 Å². The van der Waals surface area contributed by atoms with Gasteiger partial charge in [-0.2, -0.15) is 0 Å². The summed E-state index contributed by atoms with van der Waals surface area (Å²) < 4.78 is 0. The molecule has 0 fully saturated rings. The molecule has 0 unspecified atom stereocenters. The van der Waals surface area contributed by atoms with E-state index in [-0.39, 0.29) is 0 Å². The van der Waals surface area contributed by atoms with Crippen LogP contribution >= 0.6 is 23.4 Å². The zero-order chi connectivity index (χ0) is 9.14. The standard InChI is InChI=1S/C7H8BClO2S/c1-12-7-5(8(10)11)3-2-4-6(7)9/h2-4,10-11H,1H3. The van der Waals surface area contributed by atoms with Crippen molar-refractivity contribution in [2.24, 2.45) is 0 Å². The van der Waals surface area contributed by atoms with E-state index in [1.807, 2.05) is 6.26 Å². The van der Waals surface area contributed by atoms with Gasteiger partial charge in [0.15, 0.2) is 0 Å². The van der Waals surface area contributed by atoms with Gasteiger partial charge in [0.1, 0.15) is 0 Å². The van der Waals surface area contributed by atoms with Gasteiger partial charge in [0.2, 0.25) is 0 Å². The maximum Gasteiger partial charge on any atom is 0.489 e. The van der Waals surface area contributed by atoms with Gasteiger partial charge in [-0.05, 0) is 17.8 Å². The fourth-order valence-electron chi connectivity index (χ4n) is 0.944. The SMILES string of the molecule is CSc1c(Cl)cccc1B(O)O. The number of thioether (sulfide) groups is 1. The second kappa shape index (κ2) is 4.19. The molecule has 0 heterocycles. The summed E-state index contributed by atoms with van der Waals surface area (Å²) in [6, 6.07) is 5.05. The van der Waals surface area contributed by atoms with Crippen LogP contribution in [0.5, 0.6) is 0 Å². The molecule has 1 aromatic carbocycles. The van der Waals surface area contributed by atoms with Crippen LogP contribution in [0.1, 0.15) is 0 Å². The molecule has 0 aliphatic rings. The molecule has 0 saturated heterocycles. The second-order valence-electron chi connectivity index (χ2n) is 2.24. The molecule has 0 bridgehead atoms. The van der Waals surface area contributed by atoms with E-state index in [0.29, 0.717) is 15.4 Å². The fourth-order valence-corrected chi connectivity index (χ4v) is 2.03. The first kappa shape index (κ1) is 9.93. The highest BCUT2D eigenvalue weighted by atomic mass is 35.5. The molecule has 0 radical (unpaired) electrons. The quantitative estimate of drug-likeness (QED) is 0.549. The third-order valence-corrected chi connectivity index (χ3v) is 2.77. The summed E-state index contributed by atoms with van der Waals surface area (Å²) in [5, 5.41) is 18.4. The molecule has 0 atom stereocenters. The summed E-state index contributed by atoms with van der Waals surface area (Å²) in [6.07, 6.45) is 1.84. The minimum Gasteiger partial charge on any atom is -0.423 e. The number of hydrogen-bond acceptors (Lipinski definition) is 3. The van der Waals surface area contributed by atoms with Gasteiger partial charge in [0.25, 0.3) is 0 Å². The lowest BCUT2D eigenvalue weighted by Gasteiger charge is -2.06. The van der Waals surface area contributed by atoms with E-state index in [1.165, 1.54) is 11.8 Å². The molecule has 1 rings (SSSR count). The number of benzene rings is 1. The third-order valence-electron chi connectivity index (χ3n) is 1.48. The van der Waals surface area contributed by atoms with Crippen LogP contribution in [0.3, 0.4) is 0 Å². The Morgan fingerprint density at radius 1 is 1.42 bits per heavy atom. The van der Waals surface area contributed by atoms with Crippen LogP contribution in [0.15, 0.2) is 23.1 Å². The first-order valence-corrected chi connectivity index (χ1v) is 4.95.